The van der Waals surface area contributed by atoms with Crippen LogP contribution in [0.3, 0.4) is 0 Å². The van der Waals surface area contributed by atoms with E-state index in [1.54, 1.807) is 4.90 Å². The van der Waals surface area contributed by atoms with Gasteiger partial charge in [0.2, 0.25) is 5.91 Å². The average Bonchev–Trinajstić information content (AvgIpc) is 2.05. The van der Waals surface area contributed by atoms with E-state index in [1.165, 1.54) is 0 Å². The summed E-state index contributed by atoms with van der Waals surface area (Å²) in [4.78, 5) is 12.9. The Morgan fingerprint density at radius 1 is 1.82 bits per heavy atom. The molecule has 0 radical (unpaired) electrons. The maximum absolute atomic E-state index is 11.1. The lowest BCUT2D eigenvalue weighted by Gasteiger charge is -2.28. The zero-order chi connectivity index (χ0) is 8.27. The molecule has 1 heterocycles. The number of likely N-dealkylation sites (tertiary alicyclic amines) is 1. The molecule has 60 valence electrons. The lowest BCUT2D eigenvalue weighted by Crippen LogP contribution is -2.39. The van der Waals surface area contributed by atoms with Gasteiger partial charge in [0.25, 0.3) is 0 Å². The van der Waals surface area contributed by atoms with Crippen LogP contribution in [0.15, 0.2) is 0 Å². The number of carbonyl (C=O) groups excluding carboxylic acids is 1. The van der Waals surface area contributed by atoms with Gasteiger partial charge in [-0.1, -0.05) is 0 Å². The van der Waals surface area contributed by atoms with Crippen LogP contribution in [0.4, 0.5) is 0 Å². The van der Waals surface area contributed by atoms with E-state index in [-0.39, 0.29) is 11.8 Å². The summed E-state index contributed by atoms with van der Waals surface area (Å²) in [7, 11) is 0. The van der Waals surface area contributed by atoms with Crippen molar-refractivity contribution in [1.82, 2.24) is 4.90 Å². The van der Waals surface area contributed by atoms with Gasteiger partial charge in [0.15, 0.2) is 0 Å². The van der Waals surface area contributed by atoms with E-state index in [2.05, 4.69) is 6.07 Å². The van der Waals surface area contributed by atoms with Gasteiger partial charge < -0.3 is 4.90 Å². The van der Waals surface area contributed by atoms with E-state index in [1.807, 2.05) is 6.92 Å². The molecule has 1 aliphatic heterocycles. The van der Waals surface area contributed by atoms with Crippen molar-refractivity contribution >= 4 is 5.91 Å². The molecule has 1 rings (SSSR count). The van der Waals surface area contributed by atoms with Crippen molar-refractivity contribution in [1.29, 1.82) is 5.26 Å². The van der Waals surface area contributed by atoms with E-state index in [0.717, 1.165) is 13.0 Å². The van der Waals surface area contributed by atoms with Crippen LogP contribution in [0.25, 0.3) is 0 Å². The average molecular weight is 152 g/mol. The number of piperidine rings is 1. The second kappa shape index (κ2) is 3.38. The summed E-state index contributed by atoms with van der Waals surface area (Å²) in [5.41, 5.74) is 0. The Bertz CT molecular complexity index is 195. The topological polar surface area (TPSA) is 44.1 Å². The molecule has 0 saturated carbocycles. The van der Waals surface area contributed by atoms with E-state index in [4.69, 9.17) is 5.26 Å². The van der Waals surface area contributed by atoms with Crippen LogP contribution in [0.2, 0.25) is 0 Å². The minimum Gasteiger partial charge on any atom is -0.342 e. The summed E-state index contributed by atoms with van der Waals surface area (Å²) in [6, 6.07) is 2.19. The van der Waals surface area contributed by atoms with Gasteiger partial charge >= 0.3 is 0 Å². The van der Waals surface area contributed by atoms with Gasteiger partial charge in [-0.05, 0) is 13.3 Å². The third-order valence-electron chi connectivity index (χ3n) is 2.06. The van der Waals surface area contributed by atoms with Crippen LogP contribution in [0, 0.1) is 17.2 Å². The molecule has 0 aliphatic carbocycles. The van der Waals surface area contributed by atoms with E-state index >= 15 is 0 Å². The third kappa shape index (κ3) is 1.70. The zero-order valence-corrected chi connectivity index (χ0v) is 6.71. The van der Waals surface area contributed by atoms with Gasteiger partial charge in [-0.2, -0.15) is 5.26 Å². The molecule has 1 aliphatic rings. The Morgan fingerprint density at radius 2 is 2.55 bits per heavy atom. The summed E-state index contributed by atoms with van der Waals surface area (Å²) in [5.74, 6) is 0.256. The summed E-state index contributed by atoms with van der Waals surface area (Å²) < 4.78 is 0. The molecule has 0 aromatic heterocycles. The van der Waals surface area contributed by atoms with Crippen LogP contribution in [-0.2, 0) is 4.79 Å². The molecule has 1 unspecified atom stereocenters. The molecule has 3 nitrogen and oxygen atoms in total. The molecule has 0 N–H and O–H groups in total. The minimum atomic E-state index is 0.0626. The quantitative estimate of drug-likeness (QED) is 0.557. The molecule has 11 heavy (non-hydrogen) atoms. The SMILES string of the molecule is CCN1CC(C#N)CCC1=O. The predicted molar refractivity (Wildman–Crippen MR) is 40.6 cm³/mol. The highest BCUT2D eigenvalue weighted by Crippen LogP contribution is 2.15. The number of carbonyl (C=O) groups is 1. The molecular formula is C8H12N2O. The van der Waals surface area contributed by atoms with E-state index in [0.29, 0.717) is 13.0 Å². The van der Waals surface area contributed by atoms with E-state index < -0.39 is 0 Å². The number of amides is 1. The largest absolute Gasteiger partial charge is 0.342 e. The van der Waals surface area contributed by atoms with Crippen molar-refractivity contribution in [3.63, 3.8) is 0 Å². The highest BCUT2D eigenvalue weighted by Gasteiger charge is 2.23. The highest BCUT2D eigenvalue weighted by atomic mass is 16.2. The van der Waals surface area contributed by atoms with Crippen molar-refractivity contribution in [3.05, 3.63) is 0 Å². The molecule has 1 fully saturated rings. The Morgan fingerprint density at radius 3 is 3.09 bits per heavy atom. The maximum atomic E-state index is 11.1. The summed E-state index contributed by atoms with van der Waals surface area (Å²) in [6.07, 6.45) is 1.29. The van der Waals surface area contributed by atoms with Crippen LogP contribution in [0.5, 0.6) is 0 Å². The molecular weight excluding hydrogens is 140 g/mol. The number of nitriles is 1. The zero-order valence-electron chi connectivity index (χ0n) is 6.71. The normalized spacial score (nSPS) is 24.9. The smallest absolute Gasteiger partial charge is 0.222 e. The first-order valence-electron chi connectivity index (χ1n) is 3.95. The second-order valence-corrected chi connectivity index (χ2v) is 2.80. The lowest BCUT2D eigenvalue weighted by molar-refractivity contribution is -0.133. The monoisotopic (exact) mass is 152 g/mol. The number of hydrogen-bond donors (Lipinski definition) is 0. The van der Waals surface area contributed by atoms with Gasteiger partial charge in [-0.25, -0.2) is 0 Å². The fraction of sp³-hybridized carbons (Fsp3) is 0.750. The van der Waals surface area contributed by atoms with Crippen molar-refractivity contribution in [3.8, 4) is 6.07 Å². The second-order valence-electron chi connectivity index (χ2n) is 2.80. The minimum absolute atomic E-state index is 0.0626. The van der Waals surface area contributed by atoms with Crippen molar-refractivity contribution in [2.75, 3.05) is 13.1 Å². The summed E-state index contributed by atoms with van der Waals surface area (Å²) in [6.45, 7) is 3.31. The first-order valence-corrected chi connectivity index (χ1v) is 3.95. The number of nitrogens with zero attached hydrogens (tertiary/aromatic N) is 2. The standard InChI is InChI=1S/C8H12N2O/c1-2-10-6-7(5-9)3-4-8(10)11/h7H,2-4,6H2,1H3. The number of rotatable bonds is 1. The first-order chi connectivity index (χ1) is 5.27. The van der Waals surface area contributed by atoms with Gasteiger partial charge in [0.05, 0.1) is 12.0 Å². The molecule has 1 atom stereocenters. The van der Waals surface area contributed by atoms with Crippen LogP contribution in [0.1, 0.15) is 19.8 Å². The Labute approximate surface area is 66.6 Å². The third-order valence-corrected chi connectivity index (χ3v) is 2.06. The molecule has 3 heteroatoms. The van der Waals surface area contributed by atoms with Gasteiger partial charge in [-0.3, -0.25) is 4.79 Å². The Hall–Kier alpha value is -1.04. The lowest BCUT2D eigenvalue weighted by atomic mass is 9.99. The molecule has 1 amide bonds. The predicted octanol–water partition coefficient (Wildman–Crippen LogP) is 0.768. The molecule has 0 spiro atoms. The fourth-order valence-electron chi connectivity index (χ4n) is 1.33. The molecule has 0 bridgehead atoms. The molecule has 1 saturated heterocycles. The van der Waals surface area contributed by atoms with Crippen molar-refractivity contribution in [2.24, 2.45) is 5.92 Å². The summed E-state index contributed by atoms with van der Waals surface area (Å²) in [5, 5.41) is 8.60. The Balaban J connectivity index is 2.52. The fourth-order valence-corrected chi connectivity index (χ4v) is 1.33. The summed E-state index contributed by atoms with van der Waals surface area (Å²) >= 11 is 0. The first kappa shape index (κ1) is 8.06. The Kier molecular flexibility index (Phi) is 2.48. The van der Waals surface area contributed by atoms with Gasteiger partial charge in [0.1, 0.15) is 0 Å². The molecule has 0 aromatic rings. The van der Waals surface area contributed by atoms with Gasteiger partial charge in [0, 0.05) is 19.5 Å². The van der Waals surface area contributed by atoms with E-state index in [9.17, 15) is 4.79 Å². The van der Waals surface area contributed by atoms with Crippen molar-refractivity contribution < 1.29 is 4.79 Å². The van der Waals surface area contributed by atoms with Crippen LogP contribution >= 0.6 is 0 Å². The maximum Gasteiger partial charge on any atom is 0.222 e. The van der Waals surface area contributed by atoms with Crippen molar-refractivity contribution in [2.45, 2.75) is 19.8 Å². The highest BCUT2D eigenvalue weighted by molar-refractivity contribution is 5.77. The number of hydrogen-bond acceptors (Lipinski definition) is 2. The van der Waals surface area contributed by atoms with Crippen LogP contribution in [-0.4, -0.2) is 23.9 Å². The van der Waals surface area contributed by atoms with Crippen LogP contribution < -0.4 is 0 Å². The molecule has 0 aromatic carbocycles. The van der Waals surface area contributed by atoms with Gasteiger partial charge in [-0.15, -0.1) is 0 Å².